The van der Waals surface area contributed by atoms with E-state index in [1.807, 2.05) is 61.5 Å². The van der Waals surface area contributed by atoms with Gasteiger partial charge in [-0.15, -0.1) is 0 Å². The highest BCUT2D eigenvalue weighted by molar-refractivity contribution is 5.76. The molecule has 1 aromatic heterocycles. The summed E-state index contributed by atoms with van der Waals surface area (Å²) in [7, 11) is 0. The average molecular weight is 363 g/mol. The van der Waals surface area contributed by atoms with E-state index >= 15 is 0 Å². The van der Waals surface area contributed by atoms with Crippen LogP contribution < -0.4 is 5.32 Å². The Morgan fingerprint density at radius 1 is 1.07 bits per heavy atom. The maximum atomic E-state index is 12.4. The van der Waals surface area contributed by atoms with Crippen LogP contribution in [0.2, 0.25) is 0 Å². The second-order valence-corrected chi connectivity index (χ2v) is 7.08. The van der Waals surface area contributed by atoms with E-state index in [1.165, 1.54) is 5.56 Å². The lowest BCUT2D eigenvalue weighted by Gasteiger charge is -2.22. The number of hydrogen-bond donors (Lipinski definition) is 1. The van der Waals surface area contributed by atoms with E-state index in [2.05, 4.69) is 29.3 Å². The van der Waals surface area contributed by atoms with Crippen LogP contribution in [0.15, 0.2) is 59.1 Å². The zero-order chi connectivity index (χ0) is 19.2. The fourth-order valence-corrected chi connectivity index (χ4v) is 2.94. The number of amides is 1. The van der Waals surface area contributed by atoms with Gasteiger partial charge in [0.05, 0.1) is 6.04 Å². The summed E-state index contributed by atoms with van der Waals surface area (Å²) in [6, 6.07) is 18.0. The van der Waals surface area contributed by atoms with E-state index in [0.29, 0.717) is 30.5 Å². The second-order valence-electron chi connectivity index (χ2n) is 7.08. The topological polar surface area (TPSA) is 68.0 Å². The first-order valence-electron chi connectivity index (χ1n) is 9.27. The number of carbonyl (C=O) groups is 1. The van der Waals surface area contributed by atoms with Crippen LogP contribution in [0.1, 0.15) is 43.3 Å². The quantitative estimate of drug-likeness (QED) is 0.671. The summed E-state index contributed by atoms with van der Waals surface area (Å²) >= 11 is 0. The van der Waals surface area contributed by atoms with Gasteiger partial charge in [0, 0.05) is 18.4 Å². The molecule has 5 heteroatoms. The van der Waals surface area contributed by atoms with Crippen molar-refractivity contribution in [2.75, 3.05) is 0 Å². The van der Waals surface area contributed by atoms with E-state index in [1.54, 1.807) is 0 Å². The Balaban J connectivity index is 1.58. The molecule has 0 saturated heterocycles. The molecule has 0 radical (unpaired) electrons. The monoisotopic (exact) mass is 363 g/mol. The first kappa shape index (κ1) is 18.8. The molecule has 0 aliphatic heterocycles. The average Bonchev–Trinajstić information content (AvgIpc) is 3.14. The molecule has 0 fully saturated rings. The zero-order valence-electron chi connectivity index (χ0n) is 16.0. The Labute approximate surface area is 159 Å². The molecule has 0 bridgehead atoms. The molecule has 2 aromatic carbocycles. The van der Waals surface area contributed by atoms with Gasteiger partial charge in [0.2, 0.25) is 17.6 Å². The molecule has 1 heterocycles. The maximum absolute atomic E-state index is 12.4. The highest BCUT2D eigenvalue weighted by Crippen LogP contribution is 2.22. The molecule has 5 nitrogen and oxygen atoms in total. The van der Waals surface area contributed by atoms with Crippen molar-refractivity contribution < 1.29 is 9.32 Å². The highest BCUT2D eigenvalue weighted by atomic mass is 16.5. The van der Waals surface area contributed by atoms with Crippen molar-refractivity contribution in [1.82, 2.24) is 15.5 Å². The smallest absolute Gasteiger partial charge is 0.227 e. The summed E-state index contributed by atoms with van der Waals surface area (Å²) in [5.41, 5.74) is 3.20. The maximum Gasteiger partial charge on any atom is 0.227 e. The minimum absolute atomic E-state index is 0.00972. The second kappa shape index (κ2) is 8.62. The summed E-state index contributed by atoms with van der Waals surface area (Å²) in [5, 5.41) is 7.13. The van der Waals surface area contributed by atoms with E-state index in [-0.39, 0.29) is 11.9 Å². The molecular formula is C22H25N3O2. The Kier molecular flexibility index (Phi) is 6.01. The molecule has 0 aliphatic carbocycles. The number of benzene rings is 2. The van der Waals surface area contributed by atoms with E-state index < -0.39 is 0 Å². The van der Waals surface area contributed by atoms with E-state index in [9.17, 15) is 4.79 Å². The summed E-state index contributed by atoms with van der Waals surface area (Å²) in [4.78, 5) is 16.8. The number of rotatable bonds is 7. The molecule has 0 spiro atoms. The van der Waals surface area contributed by atoms with Gasteiger partial charge in [0.25, 0.3) is 0 Å². The van der Waals surface area contributed by atoms with Crippen molar-refractivity contribution in [2.45, 2.75) is 39.7 Å². The summed E-state index contributed by atoms with van der Waals surface area (Å²) in [5.74, 6) is 1.30. The molecule has 1 amide bonds. The molecule has 0 aliphatic rings. The minimum Gasteiger partial charge on any atom is -0.349 e. The van der Waals surface area contributed by atoms with Crippen molar-refractivity contribution in [1.29, 1.82) is 0 Å². The number of aryl methyl sites for hydroxylation is 2. The molecule has 140 valence electrons. The first-order chi connectivity index (χ1) is 13.0. The Bertz CT molecular complexity index is 870. The van der Waals surface area contributed by atoms with Crippen LogP contribution in [0.4, 0.5) is 0 Å². The van der Waals surface area contributed by atoms with Crippen LogP contribution in [-0.4, -0.2) is 16.0 Å². The normalized spacial score (nSPS) is 12.1. The van der Waals surface area contributed by atoms with Gasteiger partial charge < -0.3 is 9.84 Å². The van der Waals surface area contributed by atoms with Crippen LogP contribution >= 0.6 is 0 Å². The summed E-state index contributed by atoms with van der Waals surface area (Å²) in [6.07, 6.45) is 0.732. The largest absolute Gasteiger partial charge is 0.349 e. The van der Waals surface area contributed by atoms with Crippen molar-refractivity contribution in [2.24, 2.45) is 5.92 Å². The molecule has 1 atom stereocenters. The summed E-state index contributed by atoms with van der Waals surface area (Å²) < 4.78 is 5.30. The van der Waals surface area contributed by atoms with Gasteiger partial charge in [-0.2, -0.15) is 4.98 Å². The standard InChI is InChI=1S/C22H25N3O2/c1-15(2)21(17-7-5-4-6-8-17)23-19(26)13-14-20-24-22(25-27-20)18-11-9-16(3)10-12-18/h4-12,15,21H,13-14H2,1-3H3,(H,23,26). The molecule has 1 unspecified atom stereocenters. The van der Waals surface area contributed by atoms with E-state index in [0.717, 1.165) is 11.1 Å². The number of aromatic nitrogens is 2. The molecule has 1 N–H and O–H groups in total. The number of nitrogens with zero attached hydrogens (tertiary/aromatic N) is 2. The number of hydrogen-bond acceptors (Lipinski definition) is 4. The van der Waals surface area contributed by atoms with Crippen LogP contribution in [0.5, 0.6) is 0 Å². The van der Waals surface area contributed by atoms with E-state index in [4.69, 9.17) is 4.52 Å². The van der Waals surface area contributed by atoms with Crippen molar-refractivity contribution in [3.8, 4) is 11.4 Å². The number of nitrogens with one attached hydrogen (secondary N) is 1. The molecular weight excluding hydrogens is 338 g/mol. The fourth-order valence-electron chi connectivity index (χ4n) is 2.94. The van der Waals surface area contributed by atoms with Crippen molar-refractivity contribution in [3.05, 3.63) is 71.6 Å². The minimum atomic E-state index is -0.0207. The summed E-state index contributed by atoms with van der Waals surface area (Å²) in [6.45, 7) is 6.23. The van der Waals surface area contributed by atoms with Gasteiger partial charge in [-0.05, 0) is 18.4 Å². The third-order valence-electron chi connectivity index (χ3n) is 4.49. The predicted octanol–water partition coefficient (Wildman–Crippen LogP) is 4.49. The van der Waals surface area contributed by atoms with Crippen LogP contribution in [-0.2, 0) is 11.2 Å². The van der Waals surface area contributed by atoms with Crippen molar-refractivity contribution in [3.63, 3.8) is 0 Å². The van der Waals surface area contributed by atoms with Crippen molar-refractivity contribution >= 4 is 5.91 Å². The third-order valence-corrected chi connectivity index (χ3v) is 4.49. The van der Waals surface area contributed by atoms with Gasteiger partial charge in [0.1, 0.15) is 0 Å². The zero-order valence-corrected chi connectivity index (χ0v) is 16.0. The highest BCUT2D eigenvalue weighted by Gasteiger charge is 2.18. The van der Waals surface area contributed by atoms with Gasteiger partial charge >= 0.3 is 0 Å². The molecule has 27 heavy (non-hydrogen) atoms. The fraction of sp³-hybridized carbons (Fsp3) is 0.318. The van der Waals surface area contributed by atoms with Gasteiger partial charge in [-0.1, -0.05) is 79.2 Å². The lowest BCUT2D eigenvalue weighted by molar-refractivity contribution is -0.122. The lowest BCUT2D eigenvalue weighted by Crippen LogP contribution is -2.31. The van der Waals surface area contributed by atoms with Crippen LogP contribution in [0, 0.1) is 12.8 Å². The lowest BCUT2D eigenvalue weighted by atomic mass is 9.96. The van der Waals surface area contributed by atoms with Gasteiger partial charge in [-0.3, -0.25) is 4.79 Å². The Morgan fingerprint density at radius 3 is 2.44 bits per heavy atom. The van der Waals surface area contributed by atoms with Gasteiger partial charge in [0.15, 0.2) is 0 Å². The molecule has 3 aromatic rings. The number of carbonyl (C=O) groups excluding carboxylic acids is 1. The predicted molar refractivity (Wildman–Crippen MR) is 105 cm³/mol. The van der Waals surface area contributed by atoms with Gasteiger partial charge in [-0.25, -0.2) is 0 Å². The first-order valence-corrected chi connectivity index (χ1v) is 9.27. The molecule has 3 rings (SSSR count). The Morgan fingerprint density at radius 2 is 1.78 bits per heavy atom. The third kappa shape index (κ3) is 5.03. The van der Waals surface area contributed by atoms with Crippen LogP contribution in [0.3, 0.4) is 0 Å². The molecule has 0 saturated carbocycles. The SMILES string of the molecule is Cc1ccc(-c2noc(CCC(=O)NC(c3ccccc3)C(C)C)n2)cc1. The Hall–Kier alpha value is -2.95. The van der Waals surface area contributed by atoms with Crippen LogP contribution in [0.25, 0.3) is 11.4 Å².